The van der Waals surface area contributed by atoms with E-state index in [4.69, 9.17) is 7.56 Å². The third-order valence-electron chi connectivity index (χ3n) is 12.7. The molecule has 0 aromatic rings. The van der Waals surface area contributed by atoms with Gasteiger partial charge in [0, 0.05) is 0 Å². The van der Waals surface area contributed by atoms with Gasteiger partial charge in [0.2, 0.25) is 0 Å². The quantitative estimate of drug-likeness (QED) is 0.0278. The molecule has 2 unspecified atom stereocenters. The van der Waals surface area contributed by atoms with E-state index in [2.05, 4.69) is 40.9 Å². The van der Waals surface area contributed by atoms with Crippen LogP contribution >= 0.6 is 0 Å². The van der Waals surface area contributed by atoms with Gasteiger partial charge in [-0.1, -0.05) is 0 Å². The zero-order valence-electron chi connectivity index (χ0n) is 37.5. The maximum absolute atomic E-state index is 14.2. The van der Waals surface area contributed by atoms with Crippen LogP contribution in [-0.4, -0.2) is 61.2 Å². The van der Waals surface area contributed by atoms with Crippen LogP contribution < -0.4 is 0 Å². The van der Waals surface area contributed by atoms with E-state index in [-0.39, 0.29) is 17.2 Å². The molecule has 320 valence electrons. The third kappa shape index (κ3) is 18.2. The number of rotatable bonds is 34. The number of ketones is 2. The summed E-state index contributed by atoms with van der Waals surface area (Å²) >= 11 is -7.96. The normalized spacial score (nSPS) is 22.1. The summed E-state index contributed by atoms with van der Waals surface area (Å²) in [7, 11) is 0. The van der Waals surface area contributed by atoms with Gasteiger partial charge in [-0.25, -0.2) is 0 Å². The van der Waals surface area contributed by atoms with Gasteiger partial charge in [-0.15, -0.1) is 0 Å². The van der Waals surface area contributed by atoms with Crippen LogP contribution in [0.1, 0.15) is 234 Å². The van der Waals surface area contributed by atoms with Crippen molar-refractivity contribution in [3.8, 4) is 0 Å². The fraction of sp³-hybridized carbons (Fsp3) is 0.875. The Morgan fingerprint density at radius 3 is 1.25 bits per heavy atom. The molecule has 2 heterocycles. The molecule has 0 spiro atoms. The van der Waals surface area contributed by atoms with E-state index in [0.29, 0.717) is 17.6 Å². The fourth-order valence-corrected chi connectivity index (χ4v) is 52.2. The van der Waals surface area contributed by atoms with E-state index in [9.17, 15) is 9.59 Å². The Hall–Kier alpha value is 0.297. The summed E-state index contributed by atoms with van der Waals surface area (Å²) in [5.41, 5.74) is -0.823. The molecule has 0 aromatic heterocycles. The molecular weight excluding hydrogens is 894 g/mol. The first-order chi connectivity index (χ1) is 26.5. The molecule has 2 aliphatic heterocycles. The molecule has 0 aliphatic carbocycles. The summed E-state index contributed by atoms with van der Waals surface area (Å²) in [6.07, 6.45) is 36.2. The SMILES string of the molecule is C=C(C)C(=O)C1(C(=O)C(=C)C)CC[CH2][Sn]([CH2]CCCCCCC)([O][Sn]2([CH2]CCCCCCC)[CH2]CCC(CCCCCCCC)(CCCCCCCC)[O]2)[O]1. The minimum atomic E-state index is -4.13. The molecule has 7 heteroatoms. The first-order valence-electron chi connectivity index (χ1n) is 24.0. The molecule has 55 heavy (non-hydrogen) atoms. The molecule has 5 nitrogen and oxygen atoms in total. The van der Waals surface area contributed by atoms with Gasteiger partial charge in [0.1, 0.15) is 0 Å². The van der Waals surface area contributed by atoms with E-state index in [1.807, 2.05) is 0 Å². The molecule has 2 fully saturated rings. The topological polar surface area (TPSA) is 61.8 Å². The van der Waals surface area contributed by atoms with E-state index >= 15 is 0 Å². The average molecular weight is 985 g/mol. The summed E-state index contributed by atoms with van der Waals surface area (Å²) in [5, 5.41) is 0. The van der Waals surface area contributed by atoms with Crippen molar-refractivity contribution in [1.82, 2.24) is 0 Å². The van der Waals surface area contributed by atoms with Gasteiger partial charge in [0.15, 0.2) is 0 Å². The summed E-state index contributed by atoms with van der Waals surface area (Å²) in [6.45, 7) is 20.7. The first kappa shape index (κ1) is 51.4. The van der Waals surface area contributed by atoms with Gasteiger partial charge < -0.3 is 0 Å². The Bertz CT molecular complexity index is 1060. The van der Waals surface area contributed by atoms with E-state index < -0.39 is 44.0 Å². The van der Waals surface area contributed by atoms with E-state index in [1.54, 1.807) is 13.8 Å². The summed E-state index contributed by atoms with van der Waals surface area (Å²) in [5.74, 6) is -0.504. The fourth-order valence-electron chi connectivity index (χ4n) is 9.53. The molecule has 0 bridgehead atoms. The zero-order valence-corrected chi connectivity index (χ0v) is 43.2. The molecular formula is C48H90O5Sn2. The number of carbonyl (C=O) groups excluding carboxylic acids is 2. The van der Waals surface area contributed by atoms with Crippen LogP contribution in [0.15, 0.2) is 24.3 Å². The van der Waals surface area contributed by atoms with Gasteiger partial charge in [-0.05, 0) is 0 Å². The van der Waals surface area contributed by atoms with E-state index in [0.717, 1.165) is 56.3 Å². The Morgan fingerprint density at radius 1 is 0.509 bits per heavy atom. The predicted molar refractivity (Wildman–Crippen MR) is 240 cm³/mol. The molecule has 0 saturated carbocycles. The Labute approximate surface area is 352 Å². The van der Waals surface area contributed by atoms with Crippen LogP contribution in [0.5, 0.6) is 0 Å². The van der Waals surface area contributed by atoms with Crippen LogP contribution in [0.25, 0.3) is 0 Å². The van der Waals surface area contributed by atoms with Crippen molar-refractivity contribution in [2.75, 3.05) is 0 Å². The van der Waals surface area contributed by atoms with Crippen LogP contribution in [0.4, 0.5) is 0 Å². The Balaban J connectivity index is 2.56. The van der Waals surface area contributed by atoms with Crippen molar-refractivity contribution in [3.05, 3.63) is 24.3 Å². The maximum atomic E-state index is 14.2. The van der Waals surface area contributed by atoms with Crippen molar-refractivity contribution < 1.29 is 17.1 Å². The number of hydrogen-bond donors (Lipinski definition) is 0. The molecule has 0 N–H and O–H groups in total. The Morgan fingerprint density at radius 2 is 0.855 bits per heavy atom. The van der Waals surface area contributed by atoms with Crippen molar-refractivity contribution in [3.63, 3.8) is 0 Å². The van der Waals surface area contributed by atoms with Crippen molar-refractivity contribution in [1.29, 1.82) is 0 Å². The number of Topliss-reactive ketones (excluding diaryl/α,β-unsaturated/α-hetero) is 2. The van der Waals surface area contributed by atoms with Crippen LogP contribution in [-0.2, 0) is 17.1 Å². The van der Waals surface area contributed by atoms with Gasteiger partial charge >= 0.3 is 355 Å². The van der Waals surface area contributed by atoms with Gasteiger partial charge in [0.25, 0.3) is 0 Å². The van der Waals surface area contributed by atoms with Gasteiger partial charge in [-0.2, -0.15) is 0 Å². The third-order valence-corrected chi connectivity index (χ3v) is 46.2. The predicted octanol–water partition coefficient (Wildman–Crippen LogP) is 15.5. The monoisotopic (exact) mass is 986 g/mol. The van der Waals surface area contributed by atoms with Crippen molar-refractivity contribution >= 4 is 50.0 Å². The van der Waals surface area contributed by atoms with Crippen molar-refractivity contribution in [2.45, 2.75) is 263 Å². The molecule has 2 atom stereocenters. The van der Waals surface area contributed by atoms with Gasteiger partial charge in [0.05, 0.1) is 0 Å². The summed E-state index contributed by atoms with van der Waals surface area (Å²) in [6, 6.07) is 0. The van der Waals surface area contributed by atoms with Gasteiger partial charge in [-0.3, -0.25) is 0 Å². The van der Waals surface area contributed by atoms with Crippen molar-refractivity contribution in [2.24, 2.45) is 0 Å². The van der Waals surface area contributed by atoms with Crippen LogP contribution in [0.3, 0.4) is 0 Å². The molecule has 0 amide bonds. The number of carbonyl (C=O) groups is 2. The second-order valence-electron chi connectivity index (χ2n) is 18.1. The van der Waals surface area contributed by atoms with Crippen LogP contribution in [0, 0.1) is 0 Å². The molecule has 2 saturated heterocycles. The summed E-state index contributed by atoms with van der Waals surface area (Å²) in [4.78, 5) is 28.4. The standard InChI is InChI=1S/C20H40O.C12H16O3.2C8H17.O.2Sn/c1-4-7-9-11-13-15-18-20(21,17-6-3)19-16-14-12-10-8-5-2;1-6-7-12(15,10(13)8(2)3)11(14)9(4)5;2*1-3-5-7-8-6-4-2;;;/h3-19H2,1-2H3;1-2,4,6-7H2,3,5H3;2*1,3-8H2,2H3;;;/q2*-1;;;;2*+1. The second kappa shape index (κ2) is 28.7. The van der Waals surface area contributed by atoms with Crippen LogP contribution in [0.2, 0.25) is 17.7 Å². The molecule has 2 rings (SSSR count). The second-order valence-corrected chi connectivity index (χ2v) is 39.9. The average Bonchev–Trinajstić information content (AvgIpc) is 3.16. The molecule has 0 radical (unpaired) electrons. The van der Waals surface area contributed by atoms with E-state index in [1.165, 1.54) is 148 Å². The minimum absolute atomic E-state index is 0.0912. The zero-order chi connectivity index (χ0) is 40.5. The Kier molecular flexibility index (Phi) is 26.8. The number of hydrogen-bond acceptors (Lipinski definition) is 5. The molecule has 2 aliphatic rings. The number of unbranched alkanes of at least 4 members (excludes halogenated alkanes) is 20. The first-order valence-corrected chi connectivity index (χ1v) is 36.7. The molecule has 0 aromatic carbocycles. The summed E-state index contributed by atoms with van der Waals surface area (Å²) < 4.78 is 27.4.